The van der Waals surface area contributed by atoms with Gasteiger partial charge in [-0.15, -0.1) is 6.58 Å². The summed E-state index contributed by atoms with van der Waals surface area (Å²) in [6, 6.07) is 2.36. The number of allylic oxidation sites excluding steroid dienone is 1. The van der Waals surface area contributed by atoms with Crippen LogP contribution in [-0.2, 0) is 0 Å². The van der Waals surface area contributed by atoms with Crippen molar-refractivity contribution < 1.29 is 0 Å². The summed E-state index contributed by atoms with van der Waals surface area (Å²) in [6.45, 7) is 9.84. The Morgan fingerprint density at radius 1 is 1.64 bits per heavy atom. The molecule has 0 aliphatic heterocycles. The van der Waals surface area contributed by atoms with Gasteiger partial charge < -0.3 is 0 Å². The molecule has 0 radical (unpaired) electrons. The average molecular weight is 151 g/mol. The van der Waals surface area contributed by atoms with Crippen LogP contribution in [-0.4, -0.2) is 0 Å². The van der Waals surface area contributed by atoms with Crippen LogP contribution in [0.4, 0.5) is 0 Å². The first-order valence-electron chi connectivity index (χ1n) is 4.09. The molecule has 0 aliphatic carbocycles. The van der Waals surface area contributed by atoms with Gasteiger partial charge in [-0.3, -0.25) is 0 Å². The van der Waals surface area contributed by atoms with E-state index < -0.39 is 0 Å². The minimum atomic E-state index is -0.172. The maximum absolute atomic E-state index is 8.90. The quantitative estimate of drug-likeness (QED) is 0.566. The molecule has 0 aromatic heterocycles. The first-order valence-corrected chi connectivity index (χ1v) is 4.09. The average Bonchev–Trinajstić information content (AvgIpc) is 2.00. The molecule has 0 bridgehead atoms. The van der Waals surface area contributed by atoms with E-state index in [0.29, 0.717) is 5.92 Å². The number of nitrogens with zero attached hydrogens (tertiary/aromatic N) is 1. The molecule has 0 rings (SSSR count). The first-order chi connectivity index (χ1) is 5.06. The summed E-state index contributed by atoms with van der Waals surface area (Å²) in [6.07, 6.45) is 3.73. The van der Waals surface area contributed by atoms with E-state index in [9.17, 15) is 0 Å². The zero-order valence-corrected chi connectivity index (χ0v) is 7.72. The molecule has 0 aromatic carbocycles. The summed E-state index contributed by atoms with van der Waals surface area (Å²) < 4.78 is 0. The highest BCUT2D eigenvalue weighted by atomic mass is 14.4. The fourth-order valence-corrected chi connectivity index (χ4v) is 0.876. The van der Waals surface area contributed by atoms with Crippen molar-refractivity contribution in [1.82, 2.24) is 0 Å². The van der Waals surface area contributed by atoms with Gasteiger partial charge in [-0.25, -0.2) is 0 Å². The van der Waals surface area contributed by atoms with Crippen LogP contribution in [0.1, 0.15) is 33.6 Å². The molecule has 0 saturated carbocycles. The fourth-order valence-electron chi connectivity index (χ4n) is 0.876. The molecule has 1 nitrogen and oxygen atoms in total. The van der Waals surface area contributed by atoms with Gasteiger partial charge >= 0.3 is 0 Å². The van der Waals surface area contributed by atoms with E-state index in [4.69, 9.17) is 5.26 Å². The molecule has 0 aromatic rings. The van der Waals surface area contributed by atoms with Gasteiger partial charge in [0.15, 0.2) is 0 Å². The van der Waals surface area contributed by atoms with Crippen LogP contribution < -0.4 is 0 Å². The van der Waals surface area contributed by atoms with E-state index in [-0.39, 0.29) is 5.41 Å². The molecule has 0 spiro atoms. The molecule has 0 amide bonds. The topological polar surface area (TPSA) is 23.8 Å². The number of hydrogen-bond donors (Lipinski definition) is 0. The smallest absolute Gasteiger partial charge is 0.0689 e. The lowest BCUT2D eigenvalue weighted by molar-refractivity contribution is 0.289. The second-order valence-electron chi connectivity index (χ2n) is 3.51. The Morgan fingerprint density at radius 3 is 2.45 bits per heavy atom. The second kappa shape index (κ2) is 4.18. The zero-order valence-electron chi connectivity index (χ0n) is 7.72. The van der Waals surface area contributed by atoms with Gasteiger partial charge in [-0.1, -0.05) is 19.9 Å². The Balaban J connectivity index is 4.13. The molecule has 1 heteroatoms. The lowest BCUT2D eigenvalue weighted by atomic mass is 9.77. The van der Waals surface area contributed by atoms with Crippen LogP contribution in [0.15, 0.2) is 12.7 Å². The van der Waals surface area contributed by atoms with Gasteiger partial charge in [0.25, 0.3) is 0 Å². The molecule has 11 heavy (non-hydrogen) atoms. The first kappa shape index (κ1) is 10.2. The summed E-state index contributed by atoms with van der Waals surface area (Å²) in [5.74, 6) is 0.424. The highest BCUT2D eigenvalue weighted by molar-refractivity contribution is 4.98. The third-order valence-corrected chi connectivity index (χ3v) is 2.40. The van der Waals surface area contributed by atoms with Crippen molar-refractivity contribution in [3.05, 3.63) is 12.7 Å². The van der Waals surface area contributed by atoms with Gasteiger partial charge in [0, 0.05) is 0 Å². The molecule has 0 heterocycles. The molecular weight excluding hydrogens is 134 g/mol. The van der Waals surface area contributed by atoms with Crippen LogP contribution in [0.3, 0.4) is 0 Å². The van der Waals surface area contributed by atoms with Gasteiger partial charge in [0.1, 0.15) is 0 Å². The standard InChI is InChI=1S/C10H17N/c1-5-6-7-10(4,8-11)9(2)3/h5,9H,1,6-7H2,2-4H3. The van der Waals surface area contributed by atoms with E-state index in [0.717, 1.165) is 12.8 Å². The maximum atomic E-state index is 8.90. The normalized spacial score (nSPS) is 15.5. The largest absolute Gasteiger partial charge is 0.198 e. The third-order valence-electron chi connectivity index (χ3n) is 2.40. The van der Waals surface area contributed by atoms with E-state index in [1.807, 2.05) is 13.0 Å². The predicted molar refractivity (Wildman–Crippen MR) is 48.0 cm³/mol. The van der Waals surface area contributed by atoms with Gasteiger partial charge in [0.2, 0.25) is 0 Å². The van der Waals surface area contributed by atoms with Gasteiger partial charge in [-0.05, 0) is 25.7 Å². The second-order valence-corrected chi connectivity index (χ2v) is 3.51. The number of hydrogen-bond acceptors (Lipinski definition) is 1. The maximum Gasteiger partial charge on any atom is 0.0689 e. The molecule has 0 saturated heterocycles. The Hall–Kier alpha value is -0.770. The molecule has 0 fully saturated rings. The summed E-state index contributed by atoms with van der Waals surface area (Å²) >= 11 is 0. The van der Waals surface area contributed by atoms with Crippen molar-refractivity contribution in [2.45, 2.75) is 33.6 Å². The molecule has 1 unspecified atom stereocenters. The molecule has 0 N–H and O–H groups in total. The summed E-state index contributed by atoms with van der Waals surface area (Å²) in [5, 5.41) is 8.90. The zero-order chi connectivity index (χ0) is 8.91. The van der Waals surface area contributed by atoms with E-state index in [1.165, 1.54) is 0 Å². The molecule has 0 aliphatic rings. The van der Waals surface area contributed by atoms with Crippen LogP contribution in [0.5, 0.6) is 0 Å². The summed E-state index contributed by atoms with van der Waals surface area (Å²) in [4.78, 5) is 0. The molecule has 1 atom stereocenters. The monoisotopic (exact) mass is 151 g/mol. The van der Waals surface area contributed by atoms with E-state index >= 15 is 0 Å². The Morgan fingerprint density at radius 2 is 2.18 bits per heavy atom. The molecule has 62 valence electrons. The lowest BCUT2D eigenvalue weighted by Crippen LogP contribution is -2.20. The minimum absolute atomic E-state index is 0.172. The van der Waals surface area contributed by atoms with Gasteiger partial charge in [0.05, 0.1) is 11.5 Å². The molecular formula is C10H17N. The van der Waals surface area contributed by atoms with Crippen molar-refractivity contribution in [1.29, 1.82) is 5.26 Å². The third kappa shape index (κ3) is 2.76. The van der Waals surface area contributed by atoms with Crippen LogP contribution in [0, 0.1) is 22.7 Å². The number of nitriles is 1. The van der Waals surface area contributed by atoms with Crippen molar-refractivity contribution in [2.24, 2.45) is 11.3 Å². The predicted octanol–water partition coefficient (Wildman–Crippen LogP) is 3.14. The summed E-state index contributed by atoms with van der Waals surface area (Å²) in [5.41, 5.74) is -0.172. The highest BCUT2D eigenvalue weighted by Gasteiger charge is 2.26. The highest BCUT2D eigenvalue weighted by Crippen LogP contribution is 2.31. The van der Waals surface area contributed by atoms with Crippen molar-refractivity contribution in [3.63, 3.8) is 0 Å². The van der Waals surface area contributed by atoms with Crippen LogP contribution >= 0.6 is 0 Å². The fraction of sp³-hybridized carbons (Fsp3) is 0.700. The minimum Gasteiger partial charge on any atom is -0.198 e. The Bertz CT molecular complexity index is 164. The van der Waals surface area contributed by atoms with E-state index in [1.54, 1.807) is 0 Å². The van der Waals surface area contributed by atoms with Gasteiger partial charge in [-0.2, -0.15) is 5.26 Å². The van der Waals surface area contributed by atoms with Crippen LogP contribution in [0.25, 0.3) is 0 Å². The Labute approximate surface area is 69.7 Å². The van der Waals surface area contributed by atoms with Crippen LogP contribution in [0.2, 0.25) is 0 Å². The lowest BCUT2D eigenvalue weighted by Gasteiger charge is -2.24. The number of rotatable bonds is 4. The van der Waals surface area contributed by atoms with Crippen molar-refractivity contribution in [3.8, 4) is 6.07 Å². The Kier molecular flexibility index (Phi) is 3.89. The van der Waals surface area contributed by atoms with Crippen molar-refractivity contribution >= 4 is 0 Å². The van der Waals surface area contributed by atoms with E-state index in [2.05, 4.69) is 26.5 Å². The SMILES string of the molecule is C=CCCC(C)(C#N)C(C)C. The summed E-state index contributed by atoms with van der Waals surface area (Å²) in [7, 11) is 0. The van der Waals surface area contributed by atoms with Crippen molar-refractivity contribution in [2.75, 3.05) is 0 Å².